The zero-order valence-electron chi connectivity index (χ0n) is 16.3. The van der Waals surface area contributed by atoms with Gasteiger partial charge in [-0.25, -0.2) is 13.8 Å². The van der Waals surface area contributed by atoms with E-state index in [0.717, 1.165) is 38.5 Å². The molecule has 1 aliphatic heterocycles. The zero-order valence-corrected chi connectivity index (χ0v) is 16.3. The number of carbonyl (C=O) groups is 2. The number of nitrogens with one attached hydrogen (secondary N) is 2. The van der Waals surface area contributed by atoms with Gasteiger partial charge in [0.2, 0.25) is 5.91 Å². The number of hydrogen-bond donors (Lipinski definition) is 2. The molecule has 2 fully saturated rings. The molecule has 6 nitrogen and oxygen atoms in total. The van der Waals surface area contributed by atoms with Crippen LogP contribution >= 0.6 is 0 Å². The van der Waals surface area contributed by atoms with Gasteiger partial charge in [0, 0.05) is 30.6 Å². The van der Waals surface area contributed by atoms with Crippen LogP contribution in [-0.4, -0.2) is 45.8 Å². The smallest absolute Gasteiger partial charge is 0.295 e. The van der Waals surface area contributed by atoms with E-state index < -0.39 is 12.2 Å². The summed E-state index contributed by atoms with van der Waals surface area (Å²) in [5, 5.41) is 3.01. The van der Waals surface area contributed by atoms with Gasteiger partial charge in [0.05, 0.1) is 11.0 Å². The number of H-pyrrole nitrogens is 1. The molecule has 0 atom stereocenters. The van der Waals surface area contributed by atoms with Crippen molar-refractivity contribution in [2.24, 2.45) is 5.92 Å². The highest BCUT2D eigenvalue weighted by Crippen LogP contribution is 2.27. The number of rotatable bonds is 4. The van der Waals surface area contributed by atoms with Crippen LogP contribution in [0.3, 0.4) is 0 Å². The lowest BCUT2D eigenvalue weighted by atomic mass is 9.87. The second-order valence-electron chi connectivity index (χ2n) is 8.06. The fraction of sp³-hybridized carbons (Fsp3) is 0.571. The molecule has 8 heteroatoms. The topological polar surface area (TPSA) is 78.1 Å². The van der Waals surface area contributed by atoms with Crippen molar-refractivity contribution in [3.8, 4) is 0 Å². The Balaban J connectivity index is 1.32. The van der Waals surface area contributed by atoms with E-state index in [-0.39, 0.29) is 23.8 Å². The Hall–Kier alpha value is -2.51. The number of alkyl halides is 2. The molecule has 2 aliphatic rings. The van der Waals surface area contributed by atoms with E-state index in [4.69, 9.17) is 0 Å². The number of halogens is 2. The van der Waals surface area contributed by atoms with Gasteiger partial charge in [-0.2, -0.15) is 0 Å². The minimum atomic E-state index is -2.68. The minimum absolute atomic E-state index is 0.00648. The van der Waals surface area contributed by atoms with Crippen molar-refractivity contribution in [3.05, 3.63) is 29.6 Å². The van der Waals surface area contributed by atoms with Gasteiger partial charge in [0.25, 0.3) is 12.3 Å². The third-order valence-corrected chi connectivity index (χ3v) is 6.07. The fourth-order valence-corrected chi connectivity index (χ4v) is 4.39. The summed E-state index contributed by atoms with van der Waals surface area (Å²) in [6, 6.07) is 4.71. The number of benzene rings is 1. The van der Waals surface area contributed by atoms with Crippen LogP contribution in [0.2, 0.25) is 0 Å². The zero-order chi connectivity index (χ0) is 20.4. The quantitative estimate of drug-likeness (QED) is 0.814. The van der Waals surface area contributed by atoms with Gasteiger partial charge < -0.3 is 15.2 Å². The standard InChI is InChI=1S/C21H26F2N4O2/c22-18(23)19-25-16-7-6-14(12-17(16)26-19)20(28)24-15-8-10-27(11-9-15)21(29)13-4-2-1-3-5-13/h6-7,12-13,15,18H,1-5,8-11H2,(H,24,28)(H,25,26). The van der Waals surface area contributed by atoms with Crippen LogP contribution in [-0.2, 0) is 4.79 Å². The fourth-order valence-electron chi connectivity index (χ4n) is 4.39. The number of hydrogen-bond acceptors (Lipinski definition) is 3. The SMILES string of the molecule is O=C(NC1CCN(C(=O)C2CCCCC2)CC1)c1ccc2nc(C(F)F)[nH]c2c1. The predicted octanol–water partition coefficient (Wildman–Crippen LogP) is 3.80. The van der Waals surface area contributed by atoms with Crippen LogP contribution < -0.4 is 5.32 Å². The Bertz CT molecular complexity index is 884. The molecule has 1 aromatic heterocycles. The first-order valence-corrected chi connectivity index (χ1v) is 10.4. The Morgan fingerprint density at radius 2 is 1.83 bits per heavy atom. The molecule has 1 aromatic carbocycles. The van der Waals surface area contributed by atoms with E-state index in [2.05, 4.69) is 15.3 Å². The molecule has 1 saturated heterocycles. The van der Waals surface area contributed by atoms with Crippen molar-refractivity contribution in [2.75, 3.05) is 13.1 Å². The number of aromatic amines is 1. The number of imidazole rings is 1. The average Bonchev–Trinajstić information content (AvgIpc) is 3.18. The van der Waals surface area contributed by atoms with Crippen molar-refractivity contribution in [1.29, 1.82) is 0 Å². The monoisotopic (exact) mass is 404 g/mol. The van der Waals surface area contributed by atoms with Crippen LogP contribution in [0.25, 0.3) is 11.0 Å². The molecular weight excluding hydrogens is 378 g/mol. The molecule has 156 valence electrons. The van der Waals surface area contributed by atoms with Gasteiger partial charge in [-0.05, 0) is 43.9 Å². The van der Waals surface area contributed by atoms with Gasteiger partial charge in [0.1, 0.15) is 0 Å². The summed E-state index contributed by atoms with van der Waals surface area (Å²) < 4.78 is 25.6. The lowest BCUT2D eigenvalue weighted by Gasteiger charge is -2.35. The summed E-state index contributed by atoms with van der Waals surface area (Å²) in [4.78, 5) is 33.6. The van der Waals surface area contributed by atoms with E-state index >= 15 is 0 Å². The second kappa shape index (κ2) is 8.47. The van der Waals surface area contributed by atoms with Gasteiger partial charge >= 0.3 is 0 Å². The maximum Gasteiger partial charge on any atom is 0.295 e. The van der Waals surface area contributed by atoms with E-state index in [9.17, 15) is 18.4 Å². The second-order valence-corrected chi connectivity index (χ2v) is 8.06. The van der Waals surface area contributed by atoms with Crippen molar-refractivity contribution < 1.29 is 18.4 Å². The Labute approximate surface area is 168 Å². The maximum absolute atomic E-state index is 12.8. The number of piperidine rings is 1. The molecule has 2 N–H and O–H groups in total. The molecule has 29 heavy (non-hydrogen) atoms. The van der Waals surface area contributed by atoms with E-state index in [1.165, 1.54) is 6.42 Å². The highest BCUT2D eigenvalue weighted by atomic mass is 19.3. The van der Waals surface area contributed by atoms with Crippen molar-refractivity contribution in [1.82, 2.24) is 20.2 Å². The molecule has 0 bridgehead atoms. The van der Waals surface area contributed by atoms with E-state index in [1.807, 2.05) is 4.90 Å². The highest BCUT2D eigenvalue weighted by molar-refractivity contribution is 5.97. The third kappa shape index (κ3) is 4.41. The summed E-state index contributed by atoms with van der Waals surface area (Å²) in [6.07, 6.45) is 4.29. The van der Waals surface area contributed by atoms with Gasteiger partial charge in [0.15, 0.2) is 5.82 Å². The van der Waals surface area contributed by atoms with Gasteiger partial charge in [-0.1, -0.05) is 19.3 Å². The Morgan fingerprint density at radius 3 is 2.52 bits per heavy atom. The molecule has 2 amide bonds. The Morgan fingerprint density at radius 1 is 1.10 bits per heavy atom. The molecule has 0 unspecified atom stereocenters. The summed E-state index contributed by atoms with van der Waals surface area (Å²) in [6.45, 7) is 1.33. The van der Waals surface area contributed by atoms with Crippen molar-refractivity contribution >= 4 is 22.8 Å². The summed E-state index contributed by atoms with van der Waals surface area (Å²) in [7, 11) is 0. The Kier molecular flexibility index (Phi) is 5.78. The minimum Gasteiger partial charge on any atom is -0.349 e. The summed E-state index contributed by atoms with van der Waals surface area (Å²) in [5.74, 6) is -0.187. The van der Waals surface area contributed by atoms with Crippen LogP contribution in [0.5, 0.6) is 0 Å². The lowest BCUT2D eigenvalue weighted by Crippen LogP contribution is -2.48. The van der Waals surface area contributed by atoms with Crippen LogP contribution in [0.15, 0.2) is 18.2 Å². The number of carbonyl (C=O) groups excluding carboxylic acids is 2. The summed E-state index contributed by atoms with van der Waals surface area (Å²) in [5.41, 5.74) is 1.23. The largest absolute Gasteiger partial charge is 0.349 e. The third-order valence-electron chi connectivity index (χ3n) is 6.07. The highest BCUT2D eigenvalue weighted by Gasteiger charge is 2.29. The number of aromatic nitrogens is 2. The lowest BCUT2D eigenvalue weighted by molar-refractivity contribution is -0.137. The molecule has 0 spiro atoms. The molecule has 1 saturated carbocycles. The first kappa shape index (κ1) is 19.8. The van der Waals surface area contributed by atoms with Crippen LogP contribution in [0, 0.1) is 5.92 Å². The molecule has 2 heterocycles. The number of nitrogens with zero attached hydrogens (tertiary/aromatic N) is 2. The number of likely N-dealkylation sites (tertiary alicyclic amines) is 1. The van der Waals surface area contributed by atoms with Crippen LogP contribution in [0.4, 0.5) is 8.78 Å². The van der Waals surface area contributed by atoms with E-state index in [0.29, 0.717) is 29.7 Å². The van der Waals surface area contributed by atoms with Gasteiger partial charge in [-0.3, -0.25) is 9.59 Å². The molecule has 4 rings (SSSR count). The maximum atomic E-state index is 12.8. The molecule has 0 radical (unpaired) electrons. The molecular formula is C21H26F2N4O2. The van der Waals surface area contributed by atoms with Crippen LogP contribution in [0.1, 0.15) is 67.6 Å². The first-order chi connectivity index (χ1) is 14.0. The normalized spacial score (nSPS) is 19.1. The van der Waals surface area contributed by atoms with E-state index in [1.54, 1.807) is 18.2 Å². The number of amides is 2. The predicted molar refractivity (Wildman–Crippen MR) is 105 cm³/mol. The number of fused-ring (bicyclic) bond motifs is 1. The van der Waals surface area contributed by atoms with Gasteiger partial charge in [-0.15, -0.1) is 0 Å². The first-order valence-electron chi connectivity index (χ1n) is 10.4. The van der Waals surface area contributed by atoms with Crippen molar-refractivity contribution in [3.63, 3.8) is 0 Å². The summed E-state index contributed by atoms with van der Waals surface area (Å²) >= 11 is 0. The molecule has 2 aromatic rings. The van der Waals surface area contributed by atoms with Crippen molar-refractivity contribution in [2.45, 2.75) is 57.4 Å². The molecule has 1 aliphatic carbocycles. The average molecular weight is 404 g/mol.